The average Bonchev–Trinajstić information content (AvgIpc) is 4.40. The molecule has 4 atom stereocenters. The highest BCUT2D eigenvalue weighted by atomic mass is 19.1. The van der Waals surface area contributed by atoms with Gasteiger partial charge in [-0.25, -0.2) is 8.78 Å². The first-order valence-corrected chi connectivity index (χ1v) is 28.2. The van der Waals surface area contributed by atoms with Crippen molar-refractivity contribution in [3.05, 3.63) is 166 Å². The zero-order valence-electron chi connectivity index (χ0n) is 48.4. The number of carbonyl (C=O) groups excluding carboxylic acids is 2. The maximum absolute atomic E-state index is 14.9. The summed E-state index contributed by atoms with van der Waals surface area (Å²) in [6, 6.07) is 36.3. The lowest BCUT2D eigenvalue weighted by molar-refractivity contribution is -0.144. The van der Waals surface area contributed by atoms with Crippen molar-refractivity contribution in [1.82, 2.24) is 0 Å². The number of methoxy groups -OCH3 is 2. The Morgan fingerprint density at radius 2 is 0.900 bits per heavy atom. The number of hydrogen-bond donors (Lipinski definition) is 2. The lowest BCUT2D eigenvalue weighted by Gasteiger charge is -2.28. The summed E-state index contributed by atoms with van der Waals surface area (Å²) in [4.78, 5) is 24.5. The summed E-state index contributed by atoms with van der Waals surface area (Å²) in [7, 11) is 3.09. The van der Waals surface area contributed by atoms with Gasteiger partial charge in [0.25, 0.3) is 0 Å². The van der Waals surface area contributed by atoms with Crippen LogP contribution < -0.4 is 18.9 Å². The van der Waals surface area contributed by atoms with Gasteiger partial charge in [0.15, 0.2) is 0 Å². The van der Waals surface area contributed by atoms with E-state index in [1.807, 2.05) is 128 Å². The number of esters is 2. The Morgan fingerprint density at radius 3 is 1.24 bits per heavy atom. The van der Waals surface area contributed by atoms with Crippen LogP contribution in [0.2, 0.25) is 0 Å². The standard InChI is InChI=1S/2C34H41FO5/c2*1-6-39-32(36)19-25(16-22-10-11-22)24-8-7-9-27(18-24)40-21-23-12-14-28(30(17-23)33(37)34(2,3)4)29-20-26(38-5)13-15-31(29)35/h2*7-9,12-15,17-18,20,22,25,33,37H,6,10-11,16,19,21H2,1-5H3/t25-,33+;25-,33-/m00/s1. The molecule has 2 fully saturated rings. The van der Waals surface area contributed by atoms with Gasteiger partial charge >= 0.3 is 11.9 Å². The first kappa shape index (κ1) is 60.9. The molecule has 0 radical (unpaired) electrons. The fourth-order valence-corrected chi connectivity index (χ4v) is 10.0. The molecule has 6 aromatic carbocycles. The molecule has 2 saturated carbocycles. The normalized spacial score (nSPS) is 14.9. The SMILES string of the molecule is CCOC(=O)C[C@H](CC1CC1)c1cccc(OCc2ccc(-c3cc(OC)ccc3F)c([C@@H](O)C(C)(C)C)c2)c1.CCOC(=O)C[C@H](CC1CC1)c1cccc(OCc2ccc(-c3cc(OC)ccc3F)c([C@H](O)C(C)(C)C)c2)c1. The van der Waals surface area contributed by atoms with Gasteiger partial charge in [-0.3, -0.25) is 9.59 Å². The molecule has 0 spiro atoms. The van der Waals surface area contributed by atoms with Crippen molar-refractivity contribution < 1.29 is 57.0 Å². The van der Waals surface area contributed by atoms with Crippen LogP contribution in [0.3, 0.4) is 0 Å². The Hall–Kier alpha value is -6.76. The van der Waals surface area contributed by atoms with Gasteiger partial charge < -0.3 is 38.6 Å². The van der Waals surface area contributed by atoms with Crippen molar-refractivity contribution in [3.63, 3.8) is 0 Å². The third kappa shape index (κ3) is 17.1. The molecule has 0 saturated heterocycles. The van der Waals surface area contributed by atoms with Crippen LogP contribution in [0.5, 0.6) is 23.0 Å². The largest absolute Gasteiger partial charge is 0.497 e. The minimum Gasteiger partial charge on any atom is -0.497 e. The third-order valence-electron chi connectivity index (χ3n) is 14.9. The maximum atomic E-state index is 14.9. The van der Waals surface area contributed by atoms with Crippen LogP contribution in [-0.2, 0) is 32.3 Å². The molecule has 2 aliphatic carbocycles. The maximum Gasteiger partial charge on any atom is 0.306 e. The highest BCUT2D eigenvalue weighted by Crippen LogP contribution is 2.45. The second kappa shape index (κ2) is 27.6. The second-order valence-corrected chi connectivity index (χ2v) is 23.6. The van der Waals surface area contributed by atoms with Crippen molar-refractivity contribution in [3.8, 4) is 45.3 Å². The second-order valence-electron chi connectivity index (χ2n) is 23.6. The Labute approximate surface area is 472 Å². The molecule has 428 valence electrons. The molecule has 10 nitrogen and oxygen atoms in total. The van der Waals surface area contributed by atoms with Gasteiger partial charge in [-0.1, -0.05) is 116 Å². The summed E-state index contributed by atoms with van der Waals surface area (Å²) in [5, 5.41) is 22.6. The van der Waals surface area contributed by atoms with Gasteiger partial charge in [-0.15, -0.1) is 0 Å². The van der Waals surface area contributed by atoms with Gasteiger partial charge in [0.2, 0.25) is 0 Å². The van der Waals surface area contributed by atoms with E-state index in [2.05, 4.69) is 12.1 Å². The van der Waals surface area contributed by atoms with Crippen molar-refractivity contribution in [1.29, 1.82) is 0 Å². The van der Waals surface area contributed by atoms with Crippen LogP contribution in [0.25, 0.3) is 22.3 Å². The van der Waals surface area contributed by atoms with E-state index in [0.717, 1.165) is 35.1 Å². The Bertz CT molecular complexity index is 2820. The van der Waals surface area contributed by atoms with E-state index in [1.54, 1.807) is 38.5 Å². The molecule has 0 aliphatic heterocycles. The lowest BCUT2D eigenvalue weighted by atomic mass is 9.81. The zero-order chi connectivity index (χ0) is 57.7. The van der Waals surface area contributed by atoms with Crippen LogP contribution in [0.1, 0.15) is 164 Å². The van der Waals surface area contributed by atoms with Crippen molar-refractivity contribution in [2.75, 3.05) is 27.4 Å². The predicted octanol–water partition coefficient (Wildman–Crippen LogP) is 16.0. The van der Waals surface area contributed by atoms with Crippen LogP contribution in [0, 0.1) is 34.3 Å². The molecule has 80 heavy (non-hydrogen) atoms. The number of benzene rings is 6. The van der Waals surface area contributed by atoms with Crippen molar-refractivity contribution >= 4 is 11.9 Å². The Balaban J connectivity index is 0.000000231. The number of rotatable bonds is 24. The topological polar surface area (TPSA) is 130 Å². The predicted molar refractivity (Wildman–Crippen MR) is 310 cm³/mol. The fourth-order valence-electron chi connectivity index (χ4n) is 10.0. The van der Waals surface area contributed by atoms with Gasteiger partial charge in [-0.2, -0.15) is 0 Å². The molecular weight excluding hydrogens is 1010 g/mol. The van der Waals surface area contributed by atoms with Crippen molar-refractivity contribution in [2.24, 2.45) is 22.7 Å². The van der Waals surface area contributed by atoms with E-state index in [9.17, 15) is 28.6 Å². The van der Waals surface area contributed by atoms with Crippen LogP contribution in [0.4, 0.5) is 8.78 Å². The number of halogens is 2. The Morgan fingerprint density at radius 1 is 0.512 bits per heavy atom. The zero-order valence-corrected chi connectivity index (χ0v) is 48.4. The molecule has 2 N–H and O–H groups in total. The van der Waals surface area contributed by atoms with Crippen LogP contribution >= 0.6 is 0 Å². The van der Waals surface area contributed by atoms with Gasteiger partial charge in [-0.05, 0) is 178 Å². The summed E-state index contributed by atoms with van der Waals surface area (Å²) in [5.41, 5.74) is 6.19. The minimum atomic E-state index is -0.831. The van der Waals surface area contributed by atoms with E-state index in [1.165, 1.54) is 37.8 Å². The average molecular weight is 1100 g/mol. The Kier molecular flexibility index (Phi) is 21.0. The van der Waals surface area contributed by atoms with Gasteiger partial charge in [0.05, 0.1) is 52.5 Å². The molecule has 2 aliphatic rings. The van der Waals surface area contributed by atoms with Crippen LogP contribution in [-0.4, -0.2) is 49.6 Å². The number of hydrogen-bond acceptors (Lipinski definition) is 10. The summed E-state index contributed by atoms with van der Waals surface area (Å²) >= 11 is 0. The third-order valence-corrected chi connectivity index (χ3v) is 14.9. The summed E-state index contributed by atoms with van der Waals surface area (Å²) in [6.07, 6.45) is 5.87. The van der Waals surface area contributed by atoms with E-state index in [4.69, 9.17) is 28.4 Å². The summed E-state index contributed by atoms with van der Waals surface area (Å²) < 4.78 is 63.3. The molecule has 12 heteroatoms. The van der Waals surface area contributed by atoms with E-state index < -0.39 is 23.0 Å². The first-order valence-electron chi connectivity index (χ1n) is 28.2. The molecule has 0 amide bonds. The molecular formula is C68H82F2O10. The van der Waals surface area contributed by atoms with Crippen molar-refractivity contribution in [2.45, 2.75) is 144 Å². The van der Waals surface area contributed by atoms with Gasteiger partial charge in [0, 0.05) is 11.1 Å². The minimum absolute atomic E-state index is 0.0979. The van der Waals surface area contributed by atoms with E-state index in [0.29, 0.717) is 94.3 Å². The molecule has 0 unspecified atom stereocenters. The van der Waals surface area contributed by atoms with Gasteiger partial charge in [0.1, 0.15) is 47.8 Å². The molecule has 0 aromatic heterocycles. The lowest BCUT2D eigenvalue weighted by Crippen LogP contribution is -2.19. The summed E-state index contributed by atoms with van der Waals surface area (Å²) in [5.74, 6) is 2.95. The molecule has 0 bridgehead atoms. The molecule has 0 heterocycles. The fraction of sp³-hybridized carbons (Fsp3) is 0.441. The monoisotopic (exact) mass is 1100 g/mol. The number of aliphatic hydroxyl groups excluding tert-OH is 2. The van der Waals surface area contributed by atoms with E-state index in [-0.39, 0.29) is 48.6 Å². The number of carbonyl (C=O) groups is 2. The molecule has 6 aromatic rings. The quantitative estimate of drug-likeness (QED) is 0.0565. The van der Waals surface area contributed by atoms with Crippen LogP contribution in [0.15, 0.2) is 121 Å². The molecule has 8 rings (SSSR count). The number of ether oxygens (including phenoxy) is 6. The van der Waals surface area contributed by atoms with E-state index >= 15 is 0 Å². The summed E-state index contributed by atoms with van der Waals surface area (Å²) in [6.45, 7) is 16.7. The number of aliphatic hydroxyl groups is 2. The highest BCUT2D eigenvalue weighted by molar-refractivity contribution is 5.73. The smallest absolute Gasteiger partial charge is 0.306 e. The first-order chi connectivity index (χ1) is 38.2. The highest BCUT2D eigenvalue weighted by Gasteiger charge is 2.32.